The predicted molar refractivity (Wildman–Crippen MR) is 134 cm³/mol. The van der Waals surface area contributed by atoms with Crippen LogP contribution in [0, 0.1) is 10.1 Å². The Balaban J connectivity index is 1.67. The Kier molecular flexibility index (Phi) is 5.64. The summed E-state index contributed by atoms with van der Waals surface area (Å²) in [6, 6.07) is 12.1. The van der Waals surface area contributed by atoms with Crippen LogP contribution in [0.1, 0.15) is 22.0 Å². The number of hydrogen-bond acceptors (Lipinski definition) is 6. The molecule has 0 aliphatic carbocycles. The van der Waals surface area contributed by atoms with Gasteiger partial charge in [-0.3, -0.25) is 14.9 Å². The molecule has 4 aromatic rings. The molecule has 180 valence electrons. The SMILES string of the molecule is COc1cc2cc(C(=O)N3C[C@@H](CCl)c4c3cc([N+](=O)[O-])c3ccccc43)[nH]c2c(OC)c1OC. The first-order valence-electron chi connectivity index (χ1n) is 10.8. The number of amides is 1. The highest BCUT2D eigenvalue weighted by atomic mass is 35.5. The van der Waals surface area contributed by atoms with Crippen LogP contribution in [0.15, 0.2) is 42.5 Å². The molecule has 0 bridgehead atoms. The van der Waals surface area contributed by atoms with E-state index in [0.717, 1.165) is 10.9 Å². The molecule has 0 saturated heterocycles. The predicted octanol–water partition coefficient (Wildman–Crippen LogP) is 5.24. The van der Waals surface area contributed by atoms with Gasteiger partial charge >= 0.3 is 0 Å². The maximum atomic E-state index is 13.7. The number of fused-ring (bicyclic) bond motifs is 4. The van der Waals surface area contributed by atoms with Gasteiger partial charge in [-0.05, 0) is 29.1 Å². The molecule has 0 spiro atoms. The first kappa shape index (κ1) is 22.8. The van der Waals surface area contributed by atoms with Crippen molar-refractivity contribution in [2.75, 3.05) is 38.7 Å². The van der Waals surface area contributed by atoms with Crippen molar-refractivity contribution >= 4 is 50.6 Å². The molecular formula is C25H22ClN3O6. The molecule has 1 aromatic heterocycles. The van der Waals surface area contributed by atoms with E-state index in [0.29, 0.717) is 51.5 Å². The summed E-state index contributed by atoms with van der Waals surface area (Å²) in [4.78, 5) is 29.9. The fraction of sp³-hybridized carbons (Fsp3) is 0.240. The summed E-state index contributed by atoms with van der Waals surface area (Å²) in [5, 5.41) is 13.8. The topological polar surface area (TPSA) is 107 Å². The molecule has 35 heavy (non-hydrogen) atoms. The summed E-state index contributed by atoms with van der Waals surface area (Å²) >= 11 is 6.30. The van der Waals surface area contributed by atoms with Crippen LogP contribution in [-0.2, 0) is 0 Å². The Morgan fingerprint density at radius 1 is 1.11 bits per heavy atom. The van der Waals surface area contributed by atoms with Crippen LogP contribution in [0.5, 0.6) is 17.2 Å². The Morgan fingerprint density at radius 3 is 2.46 bits per heavy atom. The molecule has 3 aromatic carbocycles. The Labute approximate surface area is 205 Å². The number of carbonyl (C=O) groups excluding carboxylic acids is 1. The number of methoxy groups -OCH3 is 3. The number of halogens is 1. The highest BCUT2D eigenvalue weighted by molar-refractivity contribution is 6.19. The lowest BCUT2D eigenvalue weighted by atomic mass is 9.95. The molecule has 5 rings (SSSR count). The largest absolute Gasteiger partial charge is 0.493 e. The number of alkyl halides is 1. The molecule has 1 atom stereocenters. The van der Waals surface area contributed by atoms with Gasteiger partial charge in [-0.15, -0.1) is 11.6 Å². The fourth-order valence-corrected chi connectivity index (χ4v) is 5.15. The second-order valence-corrected chi connectivity index (χ2v) is 8.50. The van der Waals surface area contributed by atoms with Crippen LogP contribution in [0.3, 0.4) is 0 Å². The molecule has 0 saturated carbocycles. The number of benzene rings is 3. The summed E-state index contributed by atoms with van der Waals surface area (Å²) in [5.74, 6) is 1.04. The van der Waals surface area contributed by atoms with E-state index in [9.17, 15) is 14.9 Å². The van der Waals surface area contributed by atoms with Crippen LogP contribution >= 0.6 is 11.6 Å². The number of H-pyrrole nitrogens is 1. The van der Waals surface area contributed by atoms with E-state index in [1.54, 1.807) is 29.2 Å². The van der Waals surface area contributed by atoms with E-state index < -0.39 is 4.92 Å². The van der Waals surface area contributed by atoms with Crippen molar-refractivity contribution in [2.24, 2.45) is 0 Å². The van der Waals surface area contributed by atoms with Crippen molar-refractivity contribution in [1.29, 1.82) is 0 Å². The number of aromatic nitrogens is 1. The van der Waals surface area contributed by atoms with Crippen molar-refractivity contribution in [2.45, 2.75) is 5.92 Å². The molecule has 1 aliphatic heterocycles. The van der Waals surface area contributed by atoms with Crippen LogP contribution < -0.4 is 19.1 Å². The highest BCUT2D eigenvalue weighted by Crippen LogP contribution is 2.47. The molecule has 0 fully saturated rings. The van der Waals surface area contributed by atoms with Crippen molar-refractivity contribution in [3.63, 3.8) is 0 Å². The quantitative estimate of drug-likeness (QED) is 0.223. The number of carbonyl (C=O) groups is 1. The van der Waals surface area contributed by atoms with Crippen LogP contribution in [0.25, 0.3) is 21.7 Å². The zero-order chi connectivity index (χ0) is 24.9. The number of ether oxygens (including phenoxy) is 3. The number of nitro benzene ring substituents is 1. The highest BCUT2D eigenvalue weighted by Gasteiger charge is 2.37. The molecule has 9 nitrogen and oxygen atoms in total. The standard InChI is InChI=1S/C25H22ClN3O6/c1-33-20-9-13-8-17(27-22(13)24(35-3)23(20)34-2)25(30)28-12-14(11-26)21-16-7-5-4-6-15(16)18(29(31)32)10-19(21)28/h4-10,14,27H,11-12H2,1-3H3/t14-/m1/s1. The monoisotopic (exact) mass is 495 g/mol. The van der Waals surface area contributed by atoms with E-state index in [1.807, 2.05) is 12.1 Å². The van der Waals surface area contributed by atoms with Gasteiger partial charge in [0.1, 0.15) is 5.69 Å². The normalized spacial score (nSPS) is 14.9. The summed E-state index contributed by atoms with van der Waals surface area (Å²) < 4.78 is 16.4. The van der Waals surface area contributed by atoms with E-state index in [1.165, 1.54) is 27.4 Å². The van der Waals surface area contributed by atoms with Gasteiger partial charge in [0.15, 0.2) is 11.5 Å². The summed E-state index contributed by atoms with van der Waals surface area (Å²) in [5.41, 5.74) is 2.15. The van der Waals surface area contributed by atoms with Crippen molar-refractivity contribution in [3.05, 3.63) is 63.8 Å². The second-order valence-electron chi connectivity index (χ2n) is 8.19. The fourth-order valence-electron chi connectivity index (χ4n) is 4.90. The third kappa shape index (κ3) is 3.42. The van der Waals surface area contributed by atoms with Gasteiger partial charge in [0, 0.05) is 29.8 Å². The summed E-state index contributed by atoms with van der Waals surface area (Å²) in [7, 11) is 4.53. The van der Waals surface area contributed by atoms with Crippen molar-refractivity contribution in [3.8, 4) is 17.2 Å². The lowest BCUT2D eigenvalue weighted by Crippen LogP contribution is -2.30. The third-order valence-corrected chi connectivity index (χ3v) is 6.80. The lowest BCUT2D eigenvalue weighted by molar-refractivity contribution is -0.383. The van der Waals surface area contributed by atoms with E-state index in [4.69, 9.17) is 25.8 Å². The number of non-ortho nitro benzene ring substituents is 1. The molecule has 1 amide bonds. The molecule has 10 heteroatoms. The Bertz CT molecular complexity index is 1500. The minimum Gasteiger partial charge on any atom is -0.493 e. The van der Waals surface area contributed by atoms with Gasteiger partial charge in [-0.2, -0.15) is 0 Å². The number of aromatic amines is 1. The maximum Gasteiger partial charge on any atom is 0.279 e. The number of nitrogens with one attached hydrogen (secondary N) is 1. The summed E-state index contributed by atoms with van der Waals surface area (Å²) in [6.07, 6.45) is 0. The number of rotatable bonds is 6. The lowest BCUT2D eigenvalue weighted by Gasteiger charge is -2.17. The zero-order valence-electron chi connectivity index (χ0n) is 19.3. The number of hydrogen-bond donors (Lipinski definition) is 1. The van der Waals surface area contributed by atoms with E-state index >= 15 is 0 Å². The van der Waals surface area contributed by atoms with Crippen LogP contribution in [0.4, 0.5) is 11.4 Å². The van der Waals surface area contributed by atoms with Gasteiger partial charge < -0.3 is 24.1 Å². The molecule has 0 radical (unpaired) electrons. The van der Waals surface area contributed by atoms with Crippen LogP contribution in [0.2, 0.25) is 0 Å². The average molecular weight is 496 g/mol. The molecule has 1 N–H and O–H groups in total. The minimum atomic E-state index is -0.425. The first-order chi connectivity index (χ1) is 16.9. The van der Waals surface area contributed by atoms with Crippen molar-refractivity contribution < 1.29 is 23.9 Å². The molecule has 2 heterocycles. The molecule has 0 unspecified atom stereocenters. The molecule has 1 aliphatic rings. The van der Waals surface area contributed by atoms with Gasteiger partial charge in [-0.25, -0.2) is 0 Å². The Hall–Kier alpha value is -3.98. The minimum absolute atomic E-state index is 0.0554. The number of nitro groups is 1. The summed E-state index contributed by atoms with van der Waals surface area (Å²) in [6.45, 7) is 0.308. The smallest absolute Gasteiger partial charge is 0.279 e. The third-order valence-electron chi connectivity index (χ3n) is 6.42. The Morgan fingerprint density at radius 2 is 1.83 bits per heavy atom. The van der Waals surface area contributed by atoms with Gasteiger partial charge in [0.05, 0.1) is 42.8 Å². The van der Waals surface area contributed by atoms with E-state index in [-0.39, 0.29) is 23.4 Å². The molecular weight excluding hydrogens is 474 g/mol. The van der Waals surface area contributed by atoms with Crippen molar-refractivity contribution in [1.82, 2.24) is 4.98 Å². The zero-order valence-corrected chi connectivity index (χ0v) is 20.0. The first-order valence-corrected chi connectivity index (χ1v) is 11.4. The average Bonchev–Trinajstić information content (AvgIpc) is 3.47. The van der Waals surface area contributed by atoms with Gasteiger partial charge in [0.2, 0.25) is 5.75 Å². The maximum absolute atomic E-state index is 13.7. The van der Waals surface area contributed by atoms with Crippen LogP contribution in [-0.4, -0.2) is 49.6 Å². The van der Waals surface area contributed by atoms with Gasteiger partial charge in [0.25, 0.3) is 11.6 Å². The number of nitrogens with zero attached hydrogens (tertiary/aromatic N) is 2. The van der Waals surface area contributed by atoms with E-state index in [2.05, 4.69) is 4.98 Å². The van der Waals surface area contributed by atoms with Gasteiger partial charge in [-0.1, -0.05) is 18.2 Å². The number of anilines is 1. The second kappa shape index (κ2) is 8.66.